The number of allylic oxidation sites excluding steroid dienone is 1. The Hall–Kier alpha value is -0.830. The zero-order chi connectivity index (χ0) is 12.1. The molecule has 0 unspecified atom stereocenters. The second kappa shape index (κ2) is 5.31. The summed E-state index contributed by atoms with van der Waals surface area (Å²) in [5, 5.41) is 0. The second-order valence-electron chi connectivity index (χ2n) is 4.71. The van der Waals surface area contributed by atoms with Crippen molar-refractivity contribution in [2.24, 2.45) is 5.73 Å². The molecule has 0 rings (SSSR count). The molecule has 0 aromatic rings. The number of esters is 1. The number of rotatable bonds is 4. The quantitative estimate of drug-likeness (QED) is 0.576. The summed E-state index contributed by atoms with van der Waals surface area (Å²) < 4.78 is 5.28. The maximum Gasteiger partial charge on any atom is 0.330 e. The number of hydrogen-bond acceptors (Lipinski definition) is 3. The Balaban J connectivity index is 4.66. The lowest BCUT2D eigenvalue weighted by molar-refractivity contribution is -0.159. The molecular weight excluding hydrogens is 190 g/mol. The molecule has 0 fully saturated rings. The Morgan fingerprint density at radius 1 is 1.33 bits per heavy atom. The largest absolute Gasteiger partial charge is 0.458 e. The van der Waals surface area contributed by atoms with Gasteiger partial charge in [0.25, 0.3) is 0 Å². The van der Waals surface area contributed by atoms with Crippen molar-refractivity contribution < 1.29 is 9.53 Å². The van der Waals surface area contributed by atoms with Gasteiger partial charge in [-0.15, -0.1) is 0 Å². The first kappa shape index (κ1) is 14.2. The molecule has 0 aliphatic heterocycles. The van der Waals surface area contributed by atoms with Gasteiger partial charge in [-0.25, -0.2) is 4.79 Å². The van der Waals surface area contributed by atoms with E-state index in [9.17, 15) is 4.79 Å². The van der Waals surface area contributed by atoms with Gasteiger partial charge < -0.3 is 10.5 Å². The highest BCUT2D eigenvalue weighted by atomic mass is 16.6. The average Bonchev–Trinajstić information content (AvgIpc) is 2.11. The highest BCUT2D eigenvalue weighted by Gasteiger charge is 2.33. The summed E-state index contributed by atoms with van der Waals surface area (Å²) in [7, 11) is 0. The van der Waals surface area contributed by atoms with Crippen LogP contribution in [0.25, 0.3) is 0 Å². The fourth-order valence-electron chi connectivity index (χ4n) is 1.03. The summed E-state index contributed by atoms with van der Waals surface area (Å²) in [5.41, 5.74) is 4.50. The van der Waals surface area contributed by atoms with E-state index in [2.05, 4.69) is 0 Å². The number of ether oxygens (including phenoxy) is 1. The number of carbonyl (C=O) groups excluding carboxylic acids is 1. The molecule has 3 heteroatoms. The number of hydrogen-bond donors (Lipinski definition) is 1. The molecule has 0 saturated carbocycles. The lowest BCUT2D eigenvalue weighted by Gasteiger charge is -2.28. The van der Waals surface area contributed by atoms with Crippen molar-refractivity contribution in [2.75, 3.05) is 0 Å². The van der Waals surface area contributed by atoms with Crippen LogP contribution in [0.2, 0.25) is 0 Å². The first-order valence-corrected chi connectivity index (χ1v) is 5.45. The van der Waals surface area contributed by atoms with Gasteiger partial charge in [0.2, 0.25) is 0 Å². The second-order valence-corrected chi connectivity index (χ2v) is 4.71. The van der Waals surface area contributed by atoms with Crippen LogP contribution in [-0.4, -0.2) is 17.1 Å². The highest BCUT2D eigenvalue weighted by molar-refractivity contribution is 5.83. The van der Waals surface area contributed by atoms with Crippen molar-refractivity contribution in [1.29, 1.82) is 0 Å². The van der Waals surface area contributed by atoms with E-state index >= 15 is 0 Å². The molecule has 0 heterocycles. The molecule has 0 aliphatic rings. The molecule has 0 radical (unpaired) electrons. The molecule has 0 aromatic heterocycles. The van der Waals surface area contributed by atoms with Gasteiger partial charge in [-0.05, 0) is 33.6 Å². The van der Waals surface area contributed by atoms with Gasteiger partial charge in [0.1, 0.15) is 11.1 Å². The molecule has 2 N–H and O–H groups in total. The van der Waals surface area contributed by atoms with E-state index in [1.165, 1.54) is 0 Å². The van der Waals surface area contributed by atoms with Crippen LogP contribution in [0.1, 0.15) is 47.5 Å². The molecular formula is C12H23NO2. The van der Waals surface area contributed by atoms with Gasteiger partial charge in [0.15, 0.2) is 0 Å². The van der Waals surface area contributed by atoms with E-state index in [-0.39, 0.29) is 5.97 Å². The SMILES string of the molecule is CCC=C[C@](N)(CC)C(=O)OC(C)(C)C. The summed E-state index contributed by atoms with van der Waals surface area (Å²) in [6.45, 7) is 9.39. The smallest absolute Gasteiger partial charge is 0.330 e. The number of nitrogens with two attached hydrogens (primary N) is 1. The molecule has 0 saturated heterocycles. The van der Waals surface area contributed by atoms with Crippen LogP contribution in [0.4, 0.5) is 0 Å². The summed E-state index contributed by atoms with van der Waals surface area (Å²) >= 11 is 0. The lowest BCUT2D eigenvalue weighted by Crippen LogP contribution is -2.49. The van der Waals surface area contributed by atoms with Crippen LogP contribution in [0, 0.1) is 0 Å². The van der Waals surface area contributed by atoms with Crippen molar-refractivity contribution in [3.05, 3.63) is 12.2 Å². The van der Waals surface area contributed by atoms with Crippen LogP contribution >= 0.6 is 0 Å². The van der Waals surface area contributed by atoms with E-state index in [0.29, 0.717) is 6.42 Å². The monoisotopic (exact) mass is 213 g/mol. The maximum atomic E-state index is 11.8. The van der Waals surface area contributed by atoms with E-state index in [1.807, 2.05) is 40.7 Å². The van der Waals surface area contributed by atoms with Crippen LogP contribution in [0.5, 0.6) is 0 Å². The fourth-order valence-corrected chi connectivity index (χ4v) is 1.03. The predicted octanol–water partition coefficient (Wildman–Crippen LogP) is 2.40. The minimum Gasteiger partial charge on any atom is -0.458 e. The Labute approximate surface area is 92.7 Å². The molecule has 88 valence electrons. The standard InChI is InChI=1S/C12H23NO2/c1-6-8-9-12(13,7-2)10(14)15-11(3,4)5/h8-9H,6-7,13H2,1-5H3/t12-/m1/s1. The van der Waals surface area contributed by atoms with Crippen molar-refractivity contribution in [3.63, 3.8) is 0 Å². The first-order chi connectivity index (χ1) is 6.75. The van der Waals surface area contributed by atoms with Gasteiger partial charge >= 0.3 is 5.97 Å². The zero-order valence-electron chi connectivity index (χ0n) is 10.5. The highest BCUT2D eigenvalue weighted by Crippen LogP contribution is 2.17. The topological polar surface area (TPSA) is 52.3 Å². The molecule has 0 amide bonds. The Morgan fingerprint density at radius 3 is 2.20 bits per heavy atom. The van der Waals surface area contributed by atoms with E-state index in [4.69, 9.17) is 10.5 Å². The van der Waals surface area contributed by atoms with Gasteiger partial charge in [0.05, 0.1) is 0 Å². The third-order valence-electron chi connectivity index (χ3n) is 2.01. The fraction of sp³-hybridized carbons (Fsp3) is 0.750. The van der Waals surface area contributed by atoms with Crippen LogP contribution < -0.4 is 5.73 Å². The minimum atomic E-state index is -0.983. The molecule has 15 heavy (non-hydrogen) atoms. The summed E-state index contributed by atoms with van der Waals surface area (Å²) in [6.07, 6.45) is 5.04. The van der Waals surface area contributed by atoms with Gasteiger partial charge in [-0.1, -0.05) is 26.0 Å². The molecule has 0 bridgehead atoms. The van der Waals surface area contributed by atoms with Crippen LogP contribution in [-0.2, 0) is 9.53 Å². The Morgan fingerprint density at radius 2 is 1.87 bits per heavy atom. The average molecular weight is 213 g/mol. The molecule has 0 aromatic carbocycles. The maximum absolute atomic E-state index is 11.8. The molecule has 3 nitrogen and oxygen atoms in total. The predicted molar refractivity (Wildman–Crippen MR) is 62.5 cm³/mol. The van der Waals surface area contributed by atoms with Crippen molar-refractivity contribution in [3.8, 4) is 0 Å². The first-order valence-electron chi connectivity index (χ1n) is 5.45. The van der Waals surface area contributed by atoms with Crippen molar-refractivity contribution >= 4 is 5.97 Å². The summed E-state index contributed by atoms with van der Waals surface area (Å²) in [6, 6.07) is 0. The van der Waals surface area contributed by atoms with Gasteiger partial charge in [-0.3, -0.25) is 0 Å². The van der Waals surface area contributed by atoms with Crippen molar-refractivity contribution in [1.82, 2.24) is 0 Å². The van der Waals surface area contributed by atoms with Crippen molar-refractivity contribution in [2.45, 2.75) is 58.6 Å². The Kier molecular flexibility index (Phi) is 5.01. The van der Waals surface area contributed by atoms with E-state index in [1.54, 1.807) is 6.08 Å². The third kappa shape index (κ3) is 4.98. The van der Waals surface area contributed by atoms with Gasteiger partial charge in [0, 0.05) is 0 Å². The lowest BCUT2D eigenvalue weighted by atomic mass is 9.96. The summed E-state index contributed by atoms with van der Waals surface area (Å²) in [5.74, 6) is -0.359. The van der Waals surface area contributed by atoms with Gasteiger partial charge in [-0.2, -0.15) is 0 Å². The Bertz CT molecular complexity index is 240. The van der Waals surface area contributed by atoms with Crippen LogP contribution in [0.3, 0.4) is 0 Å². The third-order valence-corrected chi connectivity index (χ3v) is 2.01. The normalized spacial score (nSPS) is 16.4. The molecule has 0 aliphatic carbocycles. The van der Waals surface area contributed by atoms with E-state index in [0.717, 1.165) is 6.42 Å². The van der Waals surface area contributed by atoms with Crippen LogP contribution in [0.15, 0.2) is 12.2 Å². The summed E-state index contributed by atoms with van der Waals surface area (Å²) in [4.78, 5) is 11.8. The molecule has 0 spiro atoms. The zero-order valence-corrected chi connectivity index (χ0v) is 10.5. The minimum absolute atomic E-state index is 0.359. The number of carbonyl (C=O) groups is 1. The molecule has 1 atom stereocenters. The van der Waals surface area contributed by atoms with E-state index < -0.39 is 11.1 Å².